The smallest absolute Gasteiger partial charge is 0.283 e. The zero-order valence-corrected chi connectivity index (χ0v) is 23.6. The zero-order valence-electron chi connectivity index (χ0n) is 22.8. The lowest BCUT2D eigenvalue weighted by molar-refractivity contribution is -0.120. The van der Waals surface area contributed by atoms with Gasteiger partial charge in [0.2, 0.25) is 5.91 Å². The molecular weight excluding hydrogens is 554 g/mol. The summed E-state index contributed by atoms with van der Waals surface area (Å²) in [7, 11) is 0. The molecular formula is C33H28ClN3O5. The van der Waals surface area contributed by atoms with Gasteiger partial charge in [0.05, 0.1) is 18.7 Å². The first kappa shape index (κ1) is 28.4. The minimum Gasteiger partial charge on any atom is -0.494 e. The van der Waals surface area contributed by atoms with Crippen molar-refractivity contribution in [3.8, 4) is 11.5 Å². The van der Waals surface area contributed by atoms with Crippen LogP contribution in [0, 0.1) is 0 Å². The van der Waals surface area contributed by atoms with Crippen LogP contribution in [0.15, 0.2) is 114 Å². The Kier molecular flexibility index (Phi) is 8.84. The number of carbonyl (C=O) groups is 3. The van der Waals surface area contributed by atoms with Crippen molar-refractivity contribution in [1.82, 2.24) is 0 Å². The third-order valence-electron chi connectivity index (χ3n) is 6.41. The van der Waals surface area contributed by atoms with Crippen LogP contribution in [-0.4, -0.2) is 24.3 Å². The van der Waals surface area contributed by atoms with Crippen molar-refractivity contribution in [2.45, 2.75) is 20.0 Å². The summed E-state index contributed by atoms with van der Waals surface area (Å²) in [6.45, 7) is 2.84. The maximum atomic E-state index is 13.1. The van der Waals surface area contributed by atoms with E-state index in [2.05, 4.69) is 10.6 Å². The number of ether oxygens (including phenoxy) is 2. The van der Waals surface area contributed by atoms with E-state index in [9.17, 15) is 14.4 Å². The monoisotopic (exact) mass is 581 g/mol. The molecule has 0 aliphatic carbocycles. The first-order valence-electron chi connectivity index (χ1n) is 13.4. The van der Waals surface area contributed by atoms with Crippen LogP contribution in [0.2, 0.25) is 0 Å². The number of hydrogen-bond donors (Lipinski definition) is 2. The molecule has 9 heteroatoms. The van der Waals surface area contributed by atoms with Gasteiger partial charge >= 0.3 is 0 Å². The zero-order chi connectivity index (χ0) is 29.5. The fourth-order valence-electron chi connectivity index (χ4n) is 4.32. The minimum atomic E-state index is -0.614. The Morgan fingerprint density at radius 1 is 0.738 bits per heavy atom. The van der Waals surface area contributed by atoms with E-state index in [1.165, 1.54) is 0 Å². The van der Waals surface area contributed by atoms with Gasteiger partial charge in [0, 0.05) is 11.4 Å². The van der Waals surface area contributed by atoms with Gasteiger partial charge in [-0.15, -0.1) is 0 Å². The van der Waals surface area contributed by atoms with Crippen LogP contribution in [0.4, 0.5) is 17.1 Å². The standard InChI is InChI=1S/C33H28ClN3O5/c1-2-41-27-18-14-26(15-19-27)37-32(39)30(34)31(33(37)40)36-25-10-8-22(9-11-25)20-29(38)35-24-12-16-28(17-13-24)42-21-23-6-4-3-5-7-23/h3-19,36H,2,20-21H2,1H3,(H,35,38). The van der Waals surface area contributed by atoms with Gasteiger partial charge in [-0.3, -0.25) is 14.4 Å². The Labute approximate surface area is 248 Å². The second-order valence-electron chi connectivity index (χ2n) is 9.41. The first-order valence-corrected chi connectivity index (χ1v) is 13.7. The van der Waals surface area contributed by atoms with E-state index in [4.69, 9.17) is 21.1 Å². The van der Waals surface area contributed by atoms with Gasteiger partial charge < -0.3 is 20.1 Å². The van der Waals surface area contributed by atoms with E-state index in [1.54, 1.807) is 60.7 Å². The van der Waals surface area contributed by atoms with Gasteiger partial charge in [-0.2, -0.15) is 0 Å². The topological polar surface area (TPSA) is 97.0 Å². The highest BCUT2D eigenvalue weighted by atomic mass is 35.5. The molecule has 4 aromatic rings. The number of halogens is 1. The largest absolute Gasteiger partial charge is 0.494 e. The second kappa shape index (κ2) is 13.1. The summed E-state index contributed by atoms with van der Waals surface area (Å²) in [5.74, 6) is -0.0118. The van der Waals surface area contributed by atoms with Crippen molar-refractivity contribution in [2.75, 3.05) is 22.1 Å². The lowest BCUT2D eigenvalue weighted by Gasteiger charge is -2.15. The van der Waals surface area contributed by atoms with Crippen LogP contribution < -0.4 is 25.0 Å². The normalized spacial score (nSPS) is 12.9. The van der Waals surface area contributed by atoms with Crippen LogP contribution >= 0.6 is 11.6 Å². The number of benzene rings is 4. The number of hydrogen-bond acceptors (Lipinski definition) is 6. The summed E-state index contributed by atoms with van der Waals surface area (Å²) in [5.41, 5.74) is 3.42. The van der Waals surface area contributed by atoms with Gasteiger partial charge in [-0.1, -0.05) is 54.1 Å². The molecule has 0 saturated heterocycles. The minimum absolute atomic E-state index is 0.0164. The summed E-state index contributed by atoms with van der Waals surface area (Å²) in [4.78, 5) is 39.4. The van der Waals surface area contributed by atoms with Crippen molar-refractivity contribution in [3.05, 3.63) is 125 Å². The lowest BCUT2D eigenvalue weighted by Crippen LogP contribution is -2.32. The van der Waals surface area contributed by atoms with E-state index in [-0.39, 0.29) is 23.1 Å². The summed E-state index contributed by atoms with van der Waals surface area (Å²) >= 11 is 6.25. The van der Waals surface area contributed by atoms with Gasteiger partial charge in [-0.05, 0) is 78.7 Å². The average Bonchev–Trinajstić information content (AvgIpc) is 3.21. The van der Waals surface area contributed by atoms with Gasteiger partial charge in [0.1, 0.15) is 28.8 Å². The number of carbonyl (C=O) groups excluding carboxylic acids is 3. The van der Waals surface area contributed by atoms with E-state index < -0.39 is 11.8 Å². The summed E-state index contributed by atoms with van der Waals surface area (Å²) in [6.07, 6.45) is 0.152. The van der Waals surface area contributed by atoms with Gasteiger partial charge in [-0.25, -0.2) is 4.90 Å². The Bertz CT molecular complexity index is 1600. The summed E-state index contributed by atoms with van der Waals surface area (Å²) in [5, 5.41) is 5.63. The van der Waals surface area contributed by atoms with Crippen LogP contribution in [0.1, 0.15) is 18.1 Å². The Balaban J connectivity index is 1.14. The molecule has 5 rings (SSSR count). The highest BCUT2D eigenvalue weighted by Gasteiger charge is 2.39. The molecule has 8 nitrogen and oxygen atoms in total. The van der Waals surface area contributed by atoms with Gasteiger partial charge in [0.15, 0.2) is 0 Å². The van der Waals surface area contributed by atoms with Crippen LogP contribution in [0.25, 0.3) is 0 Å². The van der Waals surface area contributed by atoms with E-state index >= 15 is 0 Å². The third kappa shape index (κ3) is 6.79. The molecule has 1 heterocycles. The Hall–Kier alpha value is -5.08. The second-order valence-corrected chi connectivity index (χ2v) is 9.79. The maximum Gasteiger partial charge on any atom is 0.283 e. The van der Waals surface area contributed by atoms with E-state index in [1.807, 2.05) is 49.4 Å². The van der Waals surface area contributed by atoms with Crippen LogP contribution in [0.5, 0.6) is 11.5 Å². The number of rotatable bonds is 11. The quantitative estimate of drug-likeness (QED) is 0.202. The highest BCUT2D eigenvalue weighted by Crippen LogP contribution is 2.31. The van der Waals surface area contributed by atoms with E-state index in [0.29, 0.717) is 41.8 Å². The molecule has 212 valence electrons. The SMILES string of the molecule is CCOc1ccc(N2C(=O)C(Cl)=C(Nc3ccc(CC(=O)Nc4ccc(OCc5ccccc5)cc4)cc3)C2=O)cc1. The molecule has 0 unspecified atom stereocenters. The maximum absolute atomic E-state index is 13.1. The predicted octanol–water partition coefficient (Wildman–Crippen LogP) is 6.28. The fourth-order valence-corrected chi connectivity index (χ4v) is 4.53. The Morgan fingerprint density at radius 2 is 1.36 bits per heavy atom. The van der Waals surface area contributed by atoms with Gasteiger partial charge in [0.25, 0.3) is 11.8 Å². The van der Waals surface area contributed by atoms with Crippen molar-refractivity contribution in [1.29, 1.82) is 0 Å². The number of anilines is 3. The molecule has 0 radical (unpaired) electrons. The summed E-state index contributed by atoms with van der Waals surface area (Å²) < 4.78 is 11.2. The fraction of sp³-hybridized carbons (Fsp3) is 0.121. The predicted molar refractivity (Wildman–Crippen MR) is 163 cm³/mol. The molecule has 0 aromatic heterocycles. The molecule has 4 aromatic carbocycles. The molecule has 0 spiro atoms. The summed E-state index contributed by atoms with van der Waals surface area (Å²) in [6, 6.07) is 30.7. The molecule has 42 heavy (non-hydrogen) atoms. The van der Waals surface area contributed by atoms with Crippen molar-refractivity contribution < 1.29 is 23.9 Å². The van der Waals surface area contributed by atoms with Crippen LogP contribution in [0.3, 0.4) is 0 Å². The average molecular weight is 582 g/mol. The Morgan fingerprint density at radius 3 is 2.02 bits per heavy atom. The lowest BCUT2D eigenvalue weighted by atomic mass is 10.1. The molecule has 0 fully saturated rings. The molecule has 0 saturated carbocycles. The van der Waals surface area contributed by atoms with Crippen LogP contribution in [-0.2, 0) is 27.4 Å². The number of nitrogens with zero attached hydrogens (tertiary/aromatic N) is 1. The number of imide groups is 1. The molecule has 2 N–H and O–H groups in total. The molecule has 1 aliphatic heterocycles. The first-order chi connectivity index (χ1) is 20.4. The number of nitrogens with one attached hydrogen (secondary N) is 2. The number of amides is 3. The third-order valence-corrected chi connectivity index (χ3v) is 6.76. The van der Waals surface area contributed by atoms with Crippen molar-refractivity contribution in [2.24, 2.45) is 0 Å². The van der Waals surface area contributed by atoms with Crippen molar-refractivity contribution >= 4 is 46.4 Å². The molecule has 0 atom stereocenters. The molecule has 1 aliphatic rings. The van der Waals surface area contributed by atoms with Crippen molar-refractivity contribution in [3.63, 3.8) is 0 Å². The molecule has 0 bridgehead atoms. The highest BCUT2D eigenvalue weighted by molar-refractivity contribution is 6.53. The van der Waals surface area contributed by atoms with E-state index in [0.717, 1.165) is 16.0 Å². The molecule has 3 amide bonds.